The van der Waals surface area contributed by atoms with E-state index in [1.807, 2.05) is 0 Å². The number of carbonyl (C=O) groups is 2. The number of hydrogen-bond acceptors (Lipinski definition) is 4. The summed E-state index contributed by atoms with van der Waals surface area (Å²) < 4.78 is 0. The van der Waals surface area contributed by atoms with Crippen LogP contribution >= 0.6 is 0 Å². The van der Waals surface area contributed by atoms with Gasteiger partial charge in [-0.15, -0.1) is 0 Å². The number of phenolic OH excluding ortho intramolecular Hbond substituents is 2. The first kappa shape index (κ1) is 22.3. The van der Waals surface area contributed by atoms with Crippen molar-refractivity contribution in [2.24, 2.45) is 0 Å². The molecule has 0 bridgehead atoms. The minimum atomic E-state index is -0.417. The molecule has 0 aliphatic carbocycles. The highest BCUT2D eigenvalue weighted by Gasteiger charge is 2.19. The summed E-state index contributed by atoms with van der Waals surface area (Å²) in [6.45, 7) is 2.58. The summed E-state index contributed by atoms with van der Waals surface area (Å²) in [4.78, 5) is 25.4. The molecule has 0 unspecified atom stereocenters. The highest BCUT2D eigenvalue weighted by molar-refractivity contribution is 5.99. The summed E-state index contributed by atoms with van der Waals surface area (Å²) in [5, 5.41) is 20.2. The van der Waals surface area contributed by atoms with Crippen molar-refractivity contribution < 1.29 is 19.8 Å². The van der Waals surface area contributed by atoms with Crippen LogP contribution in [0.4, 0.5) is 0 Å². The van der Waals surface area contributed by atoms with Crippen molar-refractivity contribution in [1.29, 1.82) is 0 Å². The van der Waals surface area contributed by atoms with Crippen LogP contribution in [-0.2, 0) is 0 Å². The summed E-state index contributed by atoms with van der Waals surface area (Å²) in [5.41, 5.74) is 3.42. The van der Waals surface area contributed by atoms with Crippen molar-refractivity contribution in [3.05, 3.63) is 59.7 Å². The standard InChI is InChI=1S/C23H30N2O4/c1-2-3-4-5-6-7-8-17-25(23(29)19-11-15-21(27)16-12-19)24-22(28)18-9-13-20(26)14-10-18/h9-16,26-27H,2-8,17H2,1H3,(H,24,28). The Morgan fingerprint density at radius 2 is 1.24 bits per heavy atom. The fourth-order valence-electron chi connectivity index (χ4n) is 3.00. The molecule has 2 amide bonds. The Kier molecular flexibility index (Phi) is 9.02. The molecule has 0 aliphatic rings. The highest BCUT2D eigenvalue weighted by Crippen LogP contribution is 2.14. The largest absolute Gasteiger partial charge is 0.508 e. The average Bonchev–Trinajstić information content (AvgIpc) is 2.72. The summed E-state index contributed by atoms with van der Waals surface area (Å²) >= 11 is 0. The van der Waals surface area contributed by atoms with Gasteiger partial charge in [-0.25, -0.2) is 5.01 Å². The summed E-state index contributed by atoms with van der Waals surface area (Å²) in [6, 6.07) is 11.8. The van der Waals surface area contributed by atoms with Crippen molar-refractivity contribution in [3.63, 3.8) is 0 Å². The number of rotatable bonds is 10. The van der Waals surface area contributed by atoms with Gasteiger partial charge in [0.2, 0.25) is 0 Å². The van der Waals surface area contributed by atoms with Crippen LogP contribution in [0.2, 0.25) is 0 Å². The molecule has 2 aromatic carbocycles. The number of hydrazine groups is 1. The lowest BCUT2D eigenvalue weighted by Gasteiger charge is -2.23. The summed E-state index contributed by atoms with van der Waals surface area (Å²) in [5.74, 6) is -0.599. The van der Waals surface area contributed by atoms with E-state index in [0.717, 1.165) is 19.3 Å². The molecule has 0 aliphatic heterocycles. The third-order valence-corrected chi connectivity index (χ3v) is 4.71. The Labute approximate surface area is 172 Å². The molecule has 6 heteroatoms. The molecule has 29 heavy (non-hydrogen) atoms. The first-order valence-electron chi connectivity index (χ1n) is 10.2. The van der Waals surface area contributed by atoms with E-state index in [1.54, 1.807) is 0 Å². The zero-order valence-electron chi connectivity index (χ0n) is 16.9. The zero-order chi connectivity index (χ0) is 21.1. The van der Waals surface area contributed by atoms with Crippen LogP contribution in [0.3, 0.4) is 0 Å². The van der Waals surface area contributed by atoms with E-state index in [4.69, 9.17) is 0 Å². The van der Waals surface area contributed by atoms with E-state index in [0.29, 0.717) is 17.7 Å². The lowest BCUT2D eigenvalue weighted by molar-refractivity contribution is 0.0579. The number of carbonyl (C=O) groups excluding carboxylic acids is 2. The van der Waals surface area contributed by atoms with Crippen molar-refractivity contribution in [1.82, 2.24) is 10.4 Å². The number of hydrogen-bond donors (Lipinski definition) is 3. The van der Waals surface area contributed by atoms with E-state index in [1.165, 1.54) is 79.2 Å². The van der Waals surface area contributed by atoms with Crippen molar-refractivity contribution in [2.45, 2.75) is 51.9 Å². The second-order valence-electron chi connectivity index (χ2n) is 7.11. The fraction of sp³-hybridized carbons (Fsp3) is 0.391. The normalized spacial score (nSPS) is 10.5. The molecule has 3 N–H and O–H groups in total. The van der Waals surface area contributed by atoms with E-state index < -0.39 is 5.91 Å². The summed E-state index contributed by atoms with van der Waals surface area (Å²) in [7, 11) is 0. The lowest BCUT2D eigenvalue weighted by Crippen LogP contribution is -2.46. The first-order chi connectivity index (χ1) is 14.0. The number of amides is 2. The predicted octanol–water partition coefficient (Wildman–Crippen LogP) is 4.64. The molecule has 0 fully saturated rings. The maximum atomic E-state index is 12.9. The van der Waals surface area contributed by atoms with Crippen LogP contribution in [0, 0.1) is 0 Å². The Hall–Kier alpha value is -3.02. The highest BCUT2D eigenvalue weighted by atomic mass is 16.3. The molecule has 0 heterocycles. The van der Waals surface area contributed by atoms with Gasteiger partial charge in [-0.1, -0.05) is 45.4 Å². The third kappa shape index (κ3) is 7.49. The number of nitrogens with zero attached hydrogens (tertiary/aromatic N) is 1. The monoisotopic (exact) mass is 398 g/mol. The van der Waals surface area contributed by atoms with E-state index in [2.05, 4.69) is 12.3 Å². The lowest BCUT2D eigenvalue weighted by atomic mass is 10.1. The number of phenols is 2. The Bertz CT molecular complexity index is 772. The number of aromatic hydroxyl groups is 2. The molecule has 0 atom stereocenters. The SMILES string of the molecule is CCCCCCCCCN(NC(=O)c1ccc(O)cc1)C(=O)c1ccc(O)cc1. The van der Waals surface area contributed by atoms with Crippen LogP contribution in [0.5, 0.6) is 11.5 Å². The van der Waals surface area contributed by atoms with Crippen LogP contribution < -0.4 is 5.43 Å². The molecule has 0 spiro atoms. The Balaban J connectivity index is 1.99. The van der Waals surface area contributed by atoms with Crippen LogP contribution in [0.25, 0.3) is 0 Å². The van der Waals surface area contributed by atoms with E-state index >= 15 is 0 Å². The number of benzene rings is 2. The molecular formula is C23H30N2O4. The van der Waals surface area contributed by atoms with Crippen LogP contribution in [-0.4, -0.2) is 33.6 Å². The van der Waals surface area contributed by atoms with Gasteiger partial charge < -0.3 is 10.2 Å². The summed E-state index contributed by atoms with van der Waals surface area (Å²) in [6.07, 6.45) is 7.73. The second-order valence-corrected chi connectivity index (χ2v) is 7.11. The number of nitrogens with one attached hydrogen (secondary N) is 1. The van der Waals surface area contributed by atoms with Gasteiger partial charge in [0.25, 0.3) is 11.8 Å². The van der Waals surface area contributed by atoms with Gasteiger partial charge in [-0.2, -0.15) is 0 Å². The van der Waals surface area contributed by atoms with Crippen molar-refractivity contribution in [3.8, 4) is 11.5 Å². The molecular weight excluding hydrogens is 368 g/mol. The van der Waals surface area contributed by atoms with Crippen LogP contribution in [0.1, 0.15) is 72.6 Å². The van der Waals surface area contributed by atoms with Gasteiger partial charge in [-0.05, 0) is 55.0 Å². The predicted molar refractivity (Wildman–Crippen MR) is 113 cm³/mol. The smallest absolute Gasteiger partial charge is 0.272 e. The topological polar surface area (TPSA) is 89.9 Å². The molecule has 0 saturated carbocycles. The minimum absolute atomic E-state index is 0.0710. The fourth-order valence-corrected chi connectivity index (χ4v) is 3.00. The second kappa shape index (κ2) is 11.7. The van der Waals surface area contributed by atoms with Gasteiger partial charge in [0.15, 0.2) is 0 Å². The minimum Gasteiger partial charge on any atom is -0.508 e. The molecule has 156 valence electrons. The molecule has 6 nitrogen and oxygen atoms in total. The maximum absolute atomic E-state index is 12.9. The Morgan fingerprint density at radius 3 is 1.79 bits per heavy atom. The molecule has 2 rings (SSSR count). The van der Waals surface area contributed by atoms with Gasteiger partial charge in [0.05, 0.1) is 0 Å². The quantitative estimate of drug-likeness (QED) is 0.402. The Morgan fingerprint density at radius 1 is 0.759 bits per heavy atom. The van der Waals surface area contributed by atoms with Gasteiger partial charge in [-0.3, -0.25) is 15.0 Å². The van der Waals surface area contributed by atoms with Gasteiger partial charge >= 0.3 is 0 Å². The molecule has 0 radical (unpaired) electrons. The van der Waals surface area contributed by atoms with Gasteiger partial charge in [0.1, 0.15) is 11.5 Å². The number of unbranched alkanes of at least 4 members (excludes halogenated alkanes) is 6. The maximum Gasteiger partial charge on any atom is 0.272 e. The van der Waals surface area contributed by atoms with Crippen molar-refractivity contribution >= 4 is 11.8 Å². The molecule has 0 aromatic heterocycles. The van der Waals surface area contributed by atoms with E-state index in [-0.39, 0.29) is 17.4 Å². The third-order valence-electron chi connectivity index (χ3n) is 4.71. The zero-order valence-corrected chi connectivity index (χ0v) is 16.9. The van der Waals surface area contributed by atoms with E-state index in [9.17, 15) is 19.8 Å². The molecule has 2 aromatic rings. The van der Waals surface area contributed by atoms with Crippen molar-refractivity contribution in [2.75, 3.05) is 6.54 Å². The van der Waals surface area contributed by atoms with Gasteiger partial charge in [0, 0.05) is 17.7 Å². The first-order valence-corrected chi connectivity index (χ1v) is 10.2. The average molecular weight is 399 g/mol. The van der Waals surface area contributed by atoms with Crippen LogP contribution in [0.15, 0.2) is 48.5 Å². The molecule has 0 saturated heterocycles.